The first kappa shape index (κ1) is 11.2. The van der Waals surface area contributed by atoms with Crippen molar-refractivity contribution in [2.75, 3.05) is 0 Å². The fourth-order valence-corrected chi connectivity index (χ4v) is 1.86. The van der Waals surface area contributed by atoms with Crippen LogP contribution in [0.15, 0.2) is 60.7 Å². The van der Waals surface area contributed by atoms with Gasteiger partial charge in [0.25, 0.3) is 0 Å². The highest BCUT2D eigenvalue weighted by atomic mass is 35.5. The number of hydrogen-bond acceptors (Lipinski definition) is 0. The van der Waals surface area contributed by atoms with E-state index < -0.39 is 0 Å². The van der Waals surface area contributed by atoms with Crippen molar-refractivity contribution in [2.45, 2.75) is 11.8 Å². The van der Waals surface area contributed by atoms with Crippen molar-refractivity contribution in [2.24, 2.45) is 0 Å². The Labute approximate surface area is 102 Å². The molecule has 0 nitrogen and oxygen atoms in total. The zero-order valence-corrected chi connectivity index (χ0v) is 9.77. The van der Waals surface area contributed by atoms with E-state index in [2.05, 4.69) is 30.7 Å². The molecule has 16 heavy (non-hydrogen) atoms. The molecule has 1 unspecified atom stereocenters. The SMILES string of the molecule is ClC(C[CH]c1ccccc1)c1ccccc1. The van der Waals surface area contributed by atoms with Crippen molar-refractivity contribution < 1.29 is 0 Å². The average Bonchev–Trinajstić information content (AvgIpc) is 2.38. The zero-order chi connectivity index (χ0) is 11.2. The van der Waals surface area contributed by atoms with E-state index in [0.29, 0.717) is 0 Å². The van der Waals surface area contributed by atoms with E-state index >= 15 is 0 Å². The molecule has 0 spiro atoms. The predicted octanol–water partition coefficient (Wildman–Crippen LogP) is 4.61. The van der Waals surface area contributed by atoms with Gasteiger partial charge in [-0.1, -0.05) is 60.7 Å². The summed E-state index contributed by atoms with van der Waals surface area (Å²) in [5.41, 5.74) is 2.40. The standard InChI is InChI=1S/C15H14Cl/c16-15(14-9-5-2-6-10-14)12-11-13-7-3-1-4-8-13/h1-11,15H,12H2. The van der Waals surface area contributed by atoms with Crippen molar-refractivity contribution in [3.8, 4) is 0 Å². The summed E-state index contributed by atoms with van der Waals surface area (Å²) < 4.78 is 0. The maximum atomic E-state index is 6.32. The number of hydrogen-bond donors (Lipinski definition) is 0. The van der Waals surface area contributed by atoms with Crippen LogP contribution in [-0.2, 0) is 0 Å². The molecular formula is C15H14Cl. The van der Waals surface area contributed by atoms with Crippen LogP contribution in [0.1, 0.15) is 22.9 Å². The average molecular weight is 230 g/mol. The zero-order valence-electron chi connectivity index (χ0n) is 9.01. The minimum absolute atomic E-state index is 0.0569. The second kappa shape index (κ2) is 5.72. The van der Waals surface area contributed by atoms with Gasteiger partial charge in [-0.25, -0.2) is 0 Å². The van der Waals surface area contributed by atoms with Crippen molar-refractivity contribution in [3.63, 3.8) is 0 Å². The molecule has 1 atom stereocenters. The molecule has 0 saturated carbocycles. The summed E-state index contributed by atoms with van der Waals surface area (Å²) in [4.78, 5) is 0. The molecule has 0 aromatic heterocycles. The smallest absolute Gasteiger partial charge is 0.0591 e. The van der Waals surface area contributed by atoms with E-state index in [0.717, 1.165) is 6.42 Å². The topological polar surface area (TPSA) is 0 Å². The van der Waals surface area contributed by atoms with Crippen LogP contribution < -0.4 is 0 Å². The lowest BCUT2D eigenvalue weighted by Gasteiger charge is -2.09. The van der Waals surface area contributed by atoms with Crippen molar-refractivity contribution in [1.82, 2.24) is 0 Å². The fraction of sp³-hybridized carbons (Fsp3) is 0.133. The van der Waals surface area contributed by atoms with Crippen LogP contribution in [0.3, 0.4) is 0 Å². The van der Waals surface area contributed by atoms with Gasteiger partial charge in [-0.3, -0.25) is 0 Å². The van der Waals surface area contributed by atoms with Crippen molar-refractivity contribution >= 4 is 11.6 Å². The molecule has 0 aliphatic rings. The Morgan fingerprint density at radius 2 is 1.44 bits per heavy atom. The molecule has 2 aromatic rings. The first-order valence-corrected chi connectivity index (χ1v) is 5.87. The van der Waals surface area contributed by atoms with Gasteiger partial charge in [-0.2, -0.15) is 0 Å². The molecule has 0 bridgehead atoms. The summed E-state index contributed by atoms with van der Waals surface area (Å²) in [6, 6.07) is 20.5. The van der Waals surface area contributed by atoms with Crippen LogP contribution >= 0.6 is 11.6 Å². The molecule has 1 heteroatoms. The Kier molecular flexibility index (Phi) is 4.01. The second-order valence-corrected chi connectivity index (χ2v) is 4.26. The Bertz CT molecular complexity index is 408. The van der Waals surface area contributed by atoms with Gasteiger partial charge < -0.3 is 0 Å². The summed E-state index contributed by atoms with van der Waals surface area (Å²) in [6.07, 6.45) is 3.03. The third kappa shape index (κ3) is 3.11. The van der Waals surface area contributed by atoms with Gasteiger partial charge in [0.15, 0.2) is 0 Å². The predicted molar refractivity (Wildman–Crippen MR) is 69.5 cm³/mol. The minimum atomic E-state index is 0.0569. The Balaban J connectivity index is 1.92. The molecule has 0 aliphatic carbocycles. The van der Waals surface area contributed by atoms with Crippen molar-refractivity contribution in [3.05, 3.63) is 78.2 Å². The number of halogens is 1. The highest BCUT2D eigenvalue weighted by molar-refractivity contribution is 6.20. The molecule has 2 rings (SSSR count). The molecule has 0 saturated heterocycles. The van der Waals surface area contributed by atoms with E-state index in [9.17, 15) is 0 Å². The van der Waals surface area contributed by atoms with E-state index in [1.54, 1.807) is 0 Å². The van der Waals surface area contributed by atoms with Crippen LogP contribution in [0.2, 0.25) is 0 Å². The Hall–Kier alpha value is -1.27. The van der Waals surface area contributed by atoms with Gasteiger partial charge in [-0.05, 0) is 24.0 Å². The molecule has 0 aliphatic heterocycles. The number of rotatable bonds is 4. The van der Waals surface area contributed by atoms with E-state index in [1.807, 2.05) is 36.4 Å². The summed E-state index contributed by atoms with van der Waals surface area (Å²) in [7, 11) is 0. The highest BCUT2D eigenvalue weighted by Crippen LogP contribution is 2.26. The molecule has 2 aromatic carbocycles. The van der Waals surface area contributed by atoms with Gasteiger partial charge in [0, 0.05) is 0 Å². The molecule has 0 N–H and O–H groups in total. The molecule has 0 fully saturated rings. The van der Waals surface area contributed by atoms with Gasteiger partial charge in [0.1, 0.15) is 0 Å². The van der Waals surface area contributed by atoms with Crippen molar-refractivity contribution in [1.29, 1.82) is 0 Å². The van der Waals surface area contributed by atoms with E-state index in [-0.39, 0.29) is 5.38 Å². The molecule has 1 radical (unpaired) electrons. The highest BCUT2D eigenvalue weighted by Gasteiger charge is 2.07. The summed E-state index contributed by atoms with van der Waals surface area (Å²) in [5.74, 6) is 0. The summed E-state index contributed by atoms with van der Waals surface area (Å²) in [6.45, 7) is 0. The second-order valence-electron chi connectivity index (χ2n) is 3.73. The lowest BCUT2D eigenvalue weighted by atomic mass is 10.0. The molecule has 0 heterocycles. The fourth-order valence-electron chi connectivity index (χ4n) is 1.63. The first-order valence-electron chi connectivity index (χ1n) is 5.43. The normalized spacial score (nSPS) is 12.3. The van der Waals surface area contributed by atoms with Crippen LogP contribution in [0.4, 0.5) is 0 Å². The summed E-state index contributed by atoms with van der Waals surface area (Å²) >= 11 is 6.32. The lowest BCUT2D eigenvalue weighted by Crippen LogP contribution is -1.91. The van der Waals surface area contributed by atoms with Crippen LogP contribution in [0.5, 0.6) is 0 Å². The van der Waals surface area contributed by atoms with Gasteiger partial charge in [0.05, 0.1) is 5.38 Å². The quantitative estimate of drug-likeness (QED) is 0.672. The Morgan fingerprint density at radius 1 is 0.875 bits per heavy atom. The third-order valence-electron chi connectivity index (χ3n) is 2.52. The number of alkyl halides is 1. The van der Waals surface area contributed by atoms with E-state index in [4.69, 9.17) is 11.6 Å². The third-order valence-corrected chi connectivity index (χ3v) is 2.95. The Morgan fingerprint density at radius 3 is 2.06 bits per heavy atom. The van der Waals surface area contributed by atoms with E-state index in [1.165, 1.54) is 11.1 Å². The van der Waals surface area contributed by atoms with Gasteiger partial charge >= 0.3 is 0 Å². The maximum Gasteiger partial charge on any atom is 0.0591 e. The van der Waals surface area contributed by atoms with Crippen LogP contribution in [0.25, 0.3) is 0 Å². The van der Waals surface area contributed by atoms with Gasteiger partial charge in [-0.15, -0.1) is 11.6 Å². The first-order chi connectivity index (χ1) is 7.86. The monoisotopic (exact) mass is 229 g/mol. The number of benzene rings is 2. The largest absolute Gasteiger partial charge is 0.118 e. The summed E-state index contributed by atoms with van der Waals surface area (Å²) in [5, 5.41) is 0.0569. The van der Waals surface area contributed by atoms with Crippen LogP contribution in [-0.4, -0.2) is 0 Å². The molecule has 0 amide bonds. The lowest BCUT2D eigenvalue weighted by molar-refractivity contribution is 0.912. The maximum absolute atomic E-state index is 6.32. The van der Waals surface area contributed by atoms with Gasteiger partial charge in [0.2, 0.25) is 0 Å². The van der Waals surface area contributed by atoms with Crippen LogP contribution in [0, 0.1) is 6.42 Å². The molecular weight excluding hydrogens is 216 g/mol. The molecule has 81 valence electrons. The minimum Gasteiger partial charge on any atom is -0.118 e.